The number of aromatic hydroxyl groups is 1. The van der Waals surface area contributed by atoms with E-state index < -0.39 is 0 Å². The van der Waals surface area contributed by atoms with Crippen LogP contribution >= 0.6 is 0 Å². The maximum Gasteiger partial charge on any atom is 0.146 e. The lowest BCUT2D eigenvalue weighted by molar-refractivity contribution is 0.122. The number of rotatable bonds is 2. The van der Waals surface area contributed by atoms with Gasteiger partial charge in [0.25, 0.3) is 0 Å². The zero-order valence-electron chi connectivity index (χ0n) is 9.27. The average molecular weight is 224 g/mol. The Morgan fingerprint density at radius 2 is 2.06 bits per heavy atom. The van der Waals surface area contributed by atoms with Gasteiger partial charge in [0.1, 0.15) is 11.5 Å². The molecule has 0 bridgehead atoms. The lowest BCUT2D eigenvalue weighted by atomic mass is 10.2. The van der Waals surface area contributed by atoms with E-state index in [9.17, 15) is 5.11 Å². The highest BCUT2D eigenvalue weighted by atomic mass is 16.5. The molecule has 1 aromatic rings. The lowest BCUT2D eigenvalue weighted by Crippen LogP contribution is -2.36. The van der Waals surface area contributed by atoms with Gasteiger partial charge in [-0.3, -0.25) is 0 Å². The molecule has 1 aliphatic rings. The van der Waals surface area contributed by atoms with Crippen LogP contribution in [0.5, 0.6) is 11.5 Å². The number of nitrogen functional groups attached to an aromatic ring is 1. The van der Waals surface area contributed by atoms with Gasteiger partial charge < -0.3 is 25.2 Å². The molecule has 1 aliphatic heterocycles. The number of hydrogen-bond donors (Lipinski definition) is 2. The number of benzene rings is 1. The molecule has 1 fully saturated rings. The second-order valence-corrected chi connectivity index (χ2v) is 3.68. The van der Waals surface area contributed by atoms with E-state index in [1.54, 1.807) is 19.2 Å². The first kappa shape index (κ1) is 10.9. The van der Waals surface area contributed by atoms with Gasteiger partial charge in [0.05, 0.1) is 31.7 Å². The molecule has 88 valence electrons. The summed E-state index contributed by atoms with van der Waals surface area (Å²) in [6.07, 6.45) is 0. The minimum atomic E-state index is 0.0499. The Morgan fingerprint density at radius 3 is 2.69 bits per heavy atom. The SMILES string of the molecule is COc1cc(O)c(N)cc1N1CCOCC1. The van der Waals surface area contributed by atoms with Gasteiger partial charge in [-0.2, -0.15) is 0 Å². The first-order chi connectivity index (χ1) is 7.72. The van der Waals surface area contributed by atoms with Crippen molar-refractivity contribution in [2.75, 3.05) is 44.0 Å². The fourth-order valence-electron chi connectivity index (χ4n) is 1.79. The standard InChI is InChI=1S/C11H16N2O3/c1-15-11-7-10(14)8(12)6-9(11)13-2-4-16-5-3-13/h6-7,14H,2-5,12H2,1H3. The summed E-state index contributed by atoms with van der Waals surface area (Å²) in [7, 11) is 1.58. The van der Waals surface area contributed by atoms with Gasteiger partial charge in [-0.25, -0.2) is 0 Å². The monoisotopic (exact) mass is 224 g/mol. The van der Waals surface area contributed by atoms with Crippen molar-refractivity contribution in [3.63, 3.8) is 0 Å². The van der Waals surface area contributed by atoms with Crippen molar-refractivity contribution in [1.82, 2.24) is 0 Å². The number of phenolic OH excluding ortho intramolecular Hbond substituents is 1. The van der Waals surface area contributed by atoms with Gasteiger partial charge in [-0.15, -0.1) is 0 Å². The van der Waals surface area contributed by atoms with Crippen LogP contribution in [-0.4, -0.2) is 38.5 Å². The minimum Gasteiger partial charge on any atom is -0.506 e. The summed E-state index contributed by atoms with van der Waals surface area (Å²) < 4.78 is 10.5. The van der Waals surface area contributed by atoms with E-state index in [0.717, 1.165) is 18.8 Å². The van der Waals surface area contributed by atoms with Gasteiger partial charge in [-0.05, 0) is 6.07 Å². The van der Waals surface area contributed by atoms with Crippen LogP contribution < -0.4 is 15.4 Å². The Hall–Kier alpha value is -1.62. The minimum absolute atomic E-state index is 0.0499. The van der Waals surface area contributed by atoms with Crippen LogP contribution in [0, 0.1) is 0 Å². The number of phenols is 1. The molecule has 0 unspecified atom stereocenters. The number of morpholine rings is 1. The predicted molar refractivity (Wildman–Crippen MR) is 62.1 cm³/mol. The summed E-state index contributed by atoms with van der Waals surface area (Å²) in [5.74, 6) is 0.683. The number of hydrogen-bond acceptors (Lipinski definition) is 5. The summed E-state index contributed by atoms with van der Waals surface area (Å²) in [5.41, 5.74) is 6.95. The molecule has 5 nitrogen and oxygen atoms in total. The maximum atomic E-state index is 9.51. The smallest absolute Gasteiger partial charge is 0.146 e. The summed E-state index contributed by atoms with van der Waals surface area (Å²) in [6.45, 7) is 3.01. The normalized spacial score (nSPS) is 16.2. The molecule has 0 radical (unpaired) electrons. The average Bonchev–Trinajstić information content (AvgIpc) is 2.33. The second-order valence-electron chi connectivity index (χ2n) is 3.68. The summed E-state index contributed by atoms with van der Waals surface area (Å²) >= 11 is 0. The Bertz CT molecular complexity index is 376. The Kier molecular flexibility index (Phi) is 3.05. The van der Waals surface area contributed by atoms with Crippen LogP contribution in [0.4, 0.5) is 11.4 Å². The van der Waals surface area contributed by atoms with E-state index in [2.05, 4.69) is 4.90 Å². The van der Waals surface area contributed by atoms with Crippen molar-refractivity contribution in [1.29, 1.82) is 0 Å². The van der Waals surface area contributed by atoms with E-state index in [0.29, 0.717) is 24.7 Å². The van der Waals surface area contributed by atoms with E-state index in [1.165, 1.54) is 0 Å². The molecular formula is C11H16N2O3. The quantitative estimate of drug-likeness (QED) is 0.575. The Labute approximate surface area is 94.4 Å². The number of nitrogens with zero attached hydrogens (tertiary/aromatic N) is 1. The van der Waals surface area contributed by atoms with Crippen molar-refractivity contribution in [3.8, 4) is 11.5 Å². The third kappa shape index (κ3) is 1.99. The third-order valence-corrected chi connectivity index (χ3v) is 2.68. The molecule has 3 N–H and O–H groups in total. The van der Waals surface area contributed by atoms with E-state index in [1.807, 2.05) is 0 Å². The van der Waals surface area contributed by atoms with Gasteiger partial charge in [-0.1, -0.05) is 0 Å². The Balaban J connectivity index is 2.33. The number of anilines is 2. The fourth-order valence-corrected chi connectivity index (χ4v) is 1.79. The van der Waals surface area contributed by atoms with Crippen LogP contribution in [-0.2, 0) is 4.74 Å². The molecule has 5 heteroatoms. The molecule has 0 amide bonds. The van der Waals surface area contributed by atoms with Gasteiger partial charge in [0, 0.05) is 19.2 Å². The van der Waals surface area contributed by atoms with Crippen LogP contribution in [0.1, 0.15) is 0 Å². The van der Waals surface area contributed by atoms with Crippen molar-refractivity contribution in [3.05, 3.63) is 12.1 Å². The fraction of sp³-hybridized carbons (Fsp3) is 0.455. The van der Waals surface area contributed by atoms with Crippen LogP contribution in [0.2, 0.25) is 0 Å². The predicted octanol–water partition coefficient (Wildman–Crippen LogP) is 0.820. The Morgan fingerprint density at radius 1 is 1.38 bits per heavy atom. The summed E-state index contributed by atoms with van der Waals surface area (Å²) in [6, 6.07) is 3.28. The molecule has 0 aliphatic carbocycles. The largest absolute Gasteiger partial charge is 0.506 e. The first-order valence-corrected chi connectivity index (χ1v) is 5.21. The molecule has 0 spiro atoms. The van der Waals surface area contributed by atoms with Gasteiger partial charge in [0.15, 0.2) is 0 Å². The van der Waals surface area contributed by atoms with Crippen LogP contribution in [0.15, 0.2) is 12.1 Å². The van der Waals surface area contributed by atoms with Gasteiger partial charge in [0.2, 0.25) is 0 Å². The van der Waals surface area contributed by atoms with Crippen molar-refractivity contribution in [2.24, 2.45) is 0 Å². The third-order valence-electron chi connectivity index (χ3n) is 2.68. The molecule has 1 saturated heterocycles. The highest BCUT2D eigenvalue weighted by Crippen LogP contribution is 2.36. The van der Waals surface area contributed by atoms with E-state index >= 15 is 0 Å². The van der Waals surface area contributed by atoms with Crippen molar-refractivity contribution in [2.45, 2.75) is 0 Å². The maximum absolute atomic E-state index is 9.51. The zero-order valence-corrected chi connectivity index (χ0v) is 9.27. The summed E-state index contributed by atoms with van der Waals surface area (Å²) in [4.78, 5) is 2.14. The first-order valence-electron chi connectivity index (χ1n) is 5.21. The highest BCUT2D eigenvalue weighted by molar-refractivity contribution is 5.70. The molecule has 16 heavy (non-hydrogen) atoms. The van der Waals surface area contributed by atoms with E-state index in [4.69, 9.17) is 15.2 Å². The van der Waals surface area contributed by atoms with E-state index in [-0.39, 0.29) is 5.75 Å². The molecule has 2 rings (SSSR count). The van der Waals surface area contributed by atoms with Crippen LogP contribution in [0.25, 0.3) is 0 Å². The molecule has 1 aromatic carbocycles. The number of nitrogens with two attached hydrogens (primary N) is 1. The number of ether oxygens (including phenoxy) is 2. The number of methoxy groups -OCH3 is 1. The van der Waals surface area contributed by atoms with Crippen molar-refractivity contribution < 1.29 is 14.6 Å². The summed E-state index contributed by atoms with van der Waals surface area (Å²) in [5, 5.41) is 9.51. The molecule has 0 atom stereocenters. The van der Waals surface area contributed by atoms with Gasteiger partial charge >= 0.3 is 0 Å². The van der Waals surface area contributed by atoms with Crippen molar-refractivity contribution >= 4 is 11.4 Å². The second kappa shape index (κ2) is 4.49. The molecule has 0 aromatic heterocycles. The highest BCUT2D eigenvalue weighted by Gasteiger charge is 2.17. The van der Waals surface area contributed by atoms with Crippen LogP contribution in [0.3, 0.4) is 0 Å². The molecule has 1 heterocycles. The topological polar surface area (TPSA) is 68.0 Å². The molecule has 0 saturated carbocycles. The zero-order chi connectivity index (χ0) is 11.5. The molecular weight excluding hydrogens is 208 g/mol. The lowest BCUT2D eigenvalue weighted by Gasteiger charge is -2.30.